The number of halogens is 1. The number of benzene rings is 1. The molecule has 112 valence electrons. The van der Waals surface area contributed by atoms with Crippen molar-refractivity contribution in [3.8, 4) is 0 Å². The molecule has 1 N–H and O–H groups in total. The lowest BCUT2D eigenvalue weighted by Crippen LogP contribution is -2.31. The first-order valence-electron chi connectivity index (χ1n) is 7.44. The molecule has 20 heavy (non-hydrogen) atoms. The van der Waals surface area contributed by atoms with Gasteiger partial charge in [-0.15, -0.1) is 0 Å². The molecule has 0 heterocycles. The van der Waals surface area contributed by atoms with Gasteiger partial charge in [0.2, 0.25) is 0 Å². The van der Waals surface area contributed by atoms with E-state index in [0.717, 1.165) is 17.8 Å². The molecule has 1 aromatic carbocycles. The van der Waals surface area contributed by atoms with Crippen LogP contribution in [0.1, 0.15) is 31.2 Å². The van der Waals surface area contributed by atoms with Crippen molar-refractivity contribution in [1.82, 2.24) is 5.32 Å². The minimum atomic E-state index is -0.120. The van der Waals surface area contributed by atoms with Gasteiger partial charge in [-0.3, -0.25) is 0 Å². The summed E-state index contributed by atoms with van der Waals surface area (Å²) in [4.78, 5) is 2.13. The first-order valence-corrected chi connectivity index (χ1v) is 7.44. The Balaban J connectivity index is 2.08. The molecule has 1 aliphatic carbocycles. The molecule has 1 saturated carbocycles. The van der Waals surface area contributed by atoms with Crippen molar-refractivity contribution >= 4 is 5.69 Å². The Kier molecular flexibility index (Phi) is 5.80. The van der Waals surface area contributed by atoms with Crippen molar-refractivity contribution < 1.29 is 9.13 Å². The molecule has 0 aromatic heterocycles. The van der Waals surface area contributed by atoms with E-state index < -0.39 is 0 Å². The third-order valence-corrected chi connectivity index (χ3v) is 4.09. The SMILES string of the molecule is COCCNCc1cccc(F)c1N(C)C1CCCC1. The predicted molar refractivity (Wildman–Crippen MR) is 80.6 cm³/mol. The van der Waals surface area contributed by atoms with Gasteiger partial charge in [0.1, 0.15) is 5.82 Å². The maximum Gasteiger partial charge on any atom is 0.146 e. The molecular formula is C16H25FN2O. The van der Waals surface area contributed by atoms with E-state index in [4.69, 9.17) is 4.74 Å². The lowest BCUT2D eigenvalue weighted by atomic mass is 10.1. The van der Waals surface area contributed by atoms with Crippen LogP contribution >= 0.6 is 0 Å². The van der Waals surface area contributed by atoms with E-state index in [2.05, 4.69) is 10.2 Å². The number of hydrogen-bond acceptors (Lipinski definition) is 3. The molecule has 4 heteroatoms. The first-order chi connectivity index (χ1) is 9.74. The van der Waals surface area contributed by atoms with Gasteiger partial charge in [-0.05, 0) is 24.5 Å². The van der Waals surface area contributed by atoms with Gasteiger partial charge < -0.3 is 15.0 Å². The number of ether oxygens (including phenoxy) is 1. The zero-order valence-corrected chi connectivity index (χ0v) is 12.5. The fraction of sp³-hybridized carbons (Fsp3) is 0.625. The summed E-state index contributed by atoms with van der Waals surface area (Å²) >= 11 is 0. The fourth-order valence-electron chi connectivity index (χ4n) is 2.97. The lowest BCUT2D eigenvalue weighted by molar-refractivity contribution is 0.199. The van der Waals surface area contributed by atoms with E-state index in [1.165, 1.54) is 25.7 Å². The Bertz CT molecular complexity index is 419. The van der Waals surface area contributed by atoms with Crippen LogP contribution in [0.5, 0.6) is 0 Å². The Morgan fingerprint density at radius 3 is 2.80 bits per heavy atom. The van der Waals surface area contributed by atoms with E-state index in [1.807, 2.05) is 13.1 Å². The van der Waals surface area contributed by atoms with Crippen molar-refractivity contribution in [2.45, 2.75) is 38.3 Å². The first kappa shape index (κ1) is 15.3. The largest absolute Gasteiger partial charge is 0.383 e. The highest BCUT2D eigenvalue weighted by atomic mass is 19.1. The molecule has 3 nitrogen and oxygen atoms in total. The van der Waals surface area contributed by atoms with Gasteiger partial charge in [-0.2, -0.15) is 0 Å². The van der Waals surface area contributed by atoms with Crippen molar-refractivity contribution in [1.29, 1.82) is 0 Å². The molecule has 0 spiro atoms. The highest BCUT2D eigenvalue weighted by Crippen LogP contribution is 2.31. The van der Waals surface area contributed by atoms with Crippen LogP contribution in [0.25, 0.3) is 0 Å². The summed E-state index contributed by atoms with van der Waals surface area (Å²) in [6.07, 6.45) is 4.85. The molecule has 1 aliphatic rings. The van der Waals surface area contributed by atoms with Gasteiger partial charge in [0.25, 0.3) is 0 Å². The lowest BCUT2D eigenvalue weighted by Gasteiger charge is -2.29. The van der Waals surface area contributed by atoms with Crippen LogP contribution in [-0.4, -0.2) is 33.4 Å². The molecule has 0 aliphatic heterocycles. The highest BCUT2D eigenvalue weighted by Gasteiger charge is 2.23. The van der Waals surface area contributed by atoms with Crippen molar-refractivity contribution in [3.05, 3.63) is 29.6 Å². The van der Waals surface area contributed by atoms with Gasteiger partial charge >= 0.3 is 0 Å². The third-order valence-electron chi connectivity index (χ3n) is 4.09. The Morgan fingerprint density at radius 2 is 2.10 bits per heavy atom. The van der Waals surface area contributed by atoms with E-state index >= 15 is 0 Å². The van der Waals surface area contributed by atoms with Crippen LogP contribution in [0.15, 0.2) is 18.2 Å². The minimum absolute atomic E-state index is 0.120. The molecule has 2 rings (SSSR count). The third kappa shape index (κ3) is 3.70. The fourth-order valence-corrected chi connectivity index (χ4v) is 2.97. The molecule has 1 fully saturated rings. The highest BCUT2D eigenvalue weighted by molar-refractivity contribution is 5.55. The second-order valence-electron chi connectivity index (χ2n) is 5.47. The molecule has 1 aromatic rings. The second kappa shape index (κ2) is 7.60. The van der Waals surface area contributed by atoms with Gasteiger partial charge in [0.15, 0.2) is 0 Å². The van der Waals surface area contributed by atoms with E-state index in [1.54, 1.807) is 19.2 Å². The number of hydrogen-bond donors (Lipinski definition) is 1. The molecular weight excluding hydrogens is 255 g/mol. The predicted octanol–water partition coefficient (Wildman–Crippen LogP) is 2.94. The summed E-state index contributed by atoms with van der Waals surface area (Å²) in [6, 6.07) is 5.82. The maximum atomic E-state index is 14.2. The average Bonchev–Trinajstić information content (AvgIpc) is 2.97. The Hall–Kier alpha value is -1.13. The van der Waals surface area contributed by atoms with Crippen molar-refractivity contribution in [2.75, 3.05) is 32.2 Å². The monoisotopic (exact) mass is 280 g/mol. The number of rotatable bonds is 7. The quantitative estimate of drug-likeness (QED) is 0.777. The van der Waals surface area contributed by atoms with Crippen molar-refractivity contribution in [2.24, 2.45) is 0 Å². The van der Waals surface area contributed by atoms with Crippen LogP contribution in [0.2, 0.25) is 0 Å². The molecule has 0 bridgehead atoms. The summed E-state index contributed by atoms with van der Waals surface area (Å²) in [5.41, 5.74) is 1.78. The zero-order chi connectivity index (χ0) is 14.4. The molecule has 0 radical (unpaired) electrons. The summed E-state index contributed by atoms with van der Waals surface area (Å²) in [5, 5.41) is 3.30. The van der Waals surface area contributed by atoms with E-state index in [0.29, 0.717) is 19.2 Å². The molecule has 0 unspecified atom stereocenters. The van der Waals surface area contributed by atoms with Crippen LogP contribution in [0.4, 0.5) is 10.1 Å². The summed E-state index contributed by atoms with van der Waals surface area (Å²) in [7, 11) is 3.70. The maximum absolute atomic E-state index is 14.2. The van der Waals surface area contributed by atoms with Crippen molar-refractivity contribution in [3.63, 3.8) is 0 Å². The zero-order valence-electron chi connectivity index (χ0n) is 12.5. The molecule has 0 amide bonds. The number of nitrogens with zero attached hydrogens (tertiary/aromatic N) is 1. The molecule has 0 saturated heterocycles. The average molecular weight is 280 g/mol. The van der Waals surface area contributed by atoms with Gasteiger partial charge in [-0.25, -0.2) is 4.39 Å². The van der Waals surface area contributed by atoms with Gasteiger partial charge in [-0.1, -0.05) is 25.0 Å². The van der Waals surface area contributed by atoms with Crippen LogP contribution in [0, 0.1) is 5.82 Å². The van der Waals surface area contributed by atoms with Gasteiger partial charge in [0.05, 0.1) is 12.3 Å². The number of para-hydroxylation sites is 1. The van der Waals surface area contributed by atoms with Gasteiger partial charge in [0, 0.05) is 33.3 Å². The summed E-state index contributed by atoms with van der Waals surface area (Å²) in [6.45, 7) is 2.12. The van der Waals surface area contributed by atoms with E-state index in [-0.39, 0.29) is 5.82 Å². The van der Waals surface area contributed by atoms with Crippen LogP contribution < -0.4 is 10.2 Å². The Labute approximate surface area is 121 Å². The second-order valence-corrected chi connectivity index (χ2v) is 5.47. The number of anilines is 1. The summed E-state index contributed by atoms with van der Waals surface area (Å²) in [5.74, 6) is -0.120. The van der Waals surface area contributed by atoms with E-state index in [9.17, 15) is 4.39 Å². The topological polar surface area (TPSA) is 24.5 Å². The Morgan fingerprint density at radius 1 is 1.35 bits per heavy atom. The summed E-state index contributed by atoms with van der Waals surface area (Å²) < 4.78 is 19.3. The number of nitrogens with one attached hydrogen (secondary N) is 1. The van der Waals surface area contributed by atoms with Crippen LogP contribution in [0.3, 0.4) is 0 Å². The standard InChI is InChI=1S/C16H25FN2O/c1-19(14-7-3-4-8-14)16-13(6-5-9-15(16)17)12-18-10-11-20-2/h5-6,9,14,18H,3-4,7-8,10-12H2,1-2H3. The number of methoxy groups -OCH3 is 1. The minimum Gasteiger partial charge on any atom is -0.383 e. The molecule has 0 atom stereocenters. The smallest absolute Gasteiger partial charge is 0.146 e. The normalized spacial score (nSPS) is 15.8. The van der Waals surface area contributed by atoms with Crippen LogP contribution in [-0.2, 0) is 11.3 Å².